The van der Waals surface area contributed by atoms with Gasteiger partial charge in [-0.15, -0.1) is 0 Å². The molecular formula is C14H15BrFN. The zero-order valence-electron chi connectivity index (χ0n) is 9.50. The molecule has 3 unspecified atom stereocenters. The second kappa shape index (κ2) is 4.45. The molecule has 3 heteroatoms. The zero-order valence-corrected chi connectivity index (χ0v) is 11.1. The van der Waals surface area contributed by atoms with Crippen LogP contribution < -0.4 is 5.32 Å². The molecule has 0 amide bonds. The molecule has 0 aliphatic heterocycles. The Morgan fingerprint density at radius 1 is 1.29 bits per heavy atom. The number of anilines is 1. The molecule has 3 rings (SSSR count). The average Bonchev–Trinajstić information content (AvgIpc) is 2.92. The maximum absolute atomic E-state index is 13.5. The van der Waals surface area contributed by atoms with Crippen molar-refractivity contribution in [3.8, 4) is 0 Å². The molecule has 1 aromatic rings. The molecule has 1 nitrogen and oxygen atoms in total. The molecule has 1 aromatic carbocycles. The van der Waals surface area contributed by atoms with Crippen LogP contribution in [0.1, 0.15) is 12.8 Å². The Hall–Kier alpha value is -0.830. The van der Waals surface area contributed by atoms with Gasteiger partial charge in [0, 0.05) is 11.0 Å². The molecule has 0 radical (unpaired) electrons. The minimum Gasteiger partial charge on any atom is -0.382 e. The van der Waals surface area contributed by atoms with Gasteiger partial charge in [-0.25, -0.2) is 4.39 Å². The highest BCUT2D eigenvalue weighted by Crippen LogP contribution is 2.43. The summed E-state index contributed by atoms with van der Waals surface area (Å²) in [6, 6.07) is 5.02. The normalized spacial score (nSPS) is 29.9. The Kier molecular flexibility index (Phi) is 2.95. The lowest BCUT2D eigenvalue weighted by molar-refractivity contribution is 0.470. The van der Waals surface area contributed by atoms with E-state index in [0.717, 1.165) is 16.9 Å². The summed E-state index contributed by atoms with van der Waals surface area (Å²) in [7, 11) is 0. The van der Waals surface area contributed by atoms with Gasteiger partial charge in [0.05, 0.1) is 5.69 Å². The van der Waals surface area contributed by atoms with Gasteiger partial charge in [0.25, 0.3) is 0 Å². The van der Waals surface area contributed by atoms with Crippen LogP contribution in [-0.2, 0) is 0 Å². The van der Waals surface area contributed by atoms with Crippen molar-refractivity contribution in [3.05, 3.63) is 40.6 Å². The van der Waals surface area contributed by atoms with Crippen LogP contribution in [0, 0.1) is 23.6 Å². The standard InChI is InChI=1S/C14H15BrFN/c15-12-3-4-13(16)14(7-12)17-8-11-6-9-1-2-10(11)5-9/h1-4,7,9-11,17H,5-6,8H2. The second-order valence-corrected chi connectivity index (χ2v) is 5.96. The predicted octanol–water partition coefficient (Wildman–Crippen LogP) is 4.21. The molecular weight excluding hydrogens is 281 g/mol. The van der Waals surface area contributed by atoms with E-state index in [-0.39, 0.29) is 5.82 Å². The van der Waals surface area contributed by atoms with Crippen molar-refractivity contribution in [3.63, 3.8) is 0 Å². The number of hydrogen-bond donors (Lipinski definition) is 1. The fraction of sp³-hybridized carbons (Fsp3) is 0.429. The van der Waals surface area contributed by atoms with Crippen LogP contribution in [0.5, 0.6) is 0 Å². The van der Waals surface area contributed by atoms with Gasteiger partial charge in [0.1, 0.15) is 5.82 Å². The van der Waals surface area contributed by atoms with Crippen molar-refractivity contribution in [2.45, 2.75) is 12.8 Å². The SMILES string of the molecule is Fc1ccc(Br)cc1NCC1CC2C=CC1C2. The minimum atomic E-state index is -0.174. The van der Waals surface area contributed by atoms with Gasteiger partial charge in [-0.05, 0) is 48.8 Å². The molecule has 2 aliphatic rings. The molecule has 0 saturated heterocycles. The van der Waals surface area contributed by atoms with E-state index >= 15 is 0 Å². The zero-order chi connectivity index (χ0) is 11.8. The second-order valence-electron chi connectivity index (χ2n) is 5.05. The van der Waals surface area contributed by atoms with Crippen LogP contribution in [-0.4, -0.2) is 6.54 Å². The summed E-state index contributed by atoms with van der Waals surface area (Å²) in [5.74, 6) is 1.98. The van der Waals surface area contributed by atoms with Gasteiger partial charge in [0.15, 0.2) is 0 Å². The summed E-state index contributed by atoms with van der Waals surface area (Å²) >= 11 is 3.36. The summed E-state index contributed by atoms with van der Waals surface area (Å²) in [6.45, 7) is 0.874. The quantitative estimate of drug-likeness (QED) is 0.824. The molecule has 1 N–H and O–H groups in total. The van der Waals surface area contributed by atoms with Crippen molar-refractivity contribution in [2.24, 2.45) is 17.8 Å². The summed E-state index contributed by atoms with van der Waals surface area (Å²) < 4.78 is 14.4. The Balaban J connectivity index is 1.64. The molecule has 3 atom stereocenters. The Bertz CT molecular complexity index is 458. The number of rotatable bonds is 3. The summed E-state index contributed by atoms with van der Waals surface area (Å²) in [4.78, 5) is 0. The van der Waals surface area contributed by atoms with Crippen molar-refractivity contribution >= 4 is 21.6 Å². The smallest absolute Gasteiger partial charge is 0.146 e. The van der Waals surface area contributed by atoms with E-state index in [1.165, 1.54) is 18.9 Å². The lowest BCUT2D eigenvalue weighted by Crippen LogP contribution is -2.18. The molecule has 2 bridgehead atoms. The largest absolute Gasteiger partial charge is 0.382 e. The van der Waals surface area contributed by atoms with E-state index in [9.17, 15) is 4.39 Å². The first-order valence-corrected chi connectivity index (χ1v) is 6.89. The molecule has 0 spiro atoms. The van der Waals surface area contributed by atoms with Gasteiger partial charge in [0.2, 0.25) is 0 Å². The van der Waals surface area contributed by atoms with Crippen LogP contribution in [0.3, 0.4) is 0 Å². The topological polar surface area (TPSA) is 12.0 Å². The Morgan fingerprint density at radius 3 is 2.88 bits per heavy atom. The van der Waals surface area contributed by atoms with Crippen LogP contribution in [0.15, 0.2) is 34.8 Å². The number of hydrogen-bond acceptors (Lipinski definition) is 1. The maximum Gasteiger partial charge on any atom is 0.146 e. The van der Waals surface area contributed by atoms with Crippen LogP contribution in [0.2, 0.25) is 0 Å². The molecule has 0 heterocycles. The highest BCUT2D eigenvalue weighted by molar-refractivity contribution is 9.10. The first-order valence-electron chi connectivity index (χ1n) is 6.09. The van der Waals surface area contributed by atoms with Crippen LogP contribution in [0.4, 0.5) is 10.1 Å². The Morgan fingerprint density at radius 2 is 2.18 bits per heavy atom. The fourth-order valence-corrected chi connectivity index (χ4v) is 3.36. The summed E-state index contributed by atoms with van der Waals surface area (Å²) in [5, 5.41) is 3.24. The number of benzene rings is 1. The van der Waals surface area contributed by atoms with E-state index in [1.54, 1.807) is 12.1 Å². The fourth-order valence-electron chi connectivity index (χ4n) is 3.00. The van der Waals surface area contributed by atoms with E-state index in [4.69, 9.17) is 0 Å². The van der Waals surface area contributed by atoms with Crippen LogP contribution >= 0.6 is 15.9 Å². The summed E-state index contributed by atoms with van der Waals surface area (Å²) in [6.07, 6.45) is 7.22. The van der Waals surface area contributed by atoms with E-state index < -0.39 is 0 Å². The molecule has 1 saturated carbocycles. The highest BCUT2D eigenvalue weighted by atomic mass is 79.9. The number of halogens is 2. The number of nitrogens with one attached hydrogen (secondary N) is 1. The van der Waals surface area contributed by atoms with Gasteiger partial charge >= 0.3 is 0 Å². The Labute approximate surface area is 109 Å². The number of allylic oxidation sites excluding steroid dienone is 2. The molecule has 17 heavy (non-hydrogen) atoms. The first kappa shape index (κ1) is 11.3. The minimum absolute atomic E-state index is 0.174. The molecule has 2 aliphatic carbocycles. The van der Waals surface area contributed by atoms with Crippen molar-refractivity contribution < 1.29 is 4.39 Å². The molecule has 1 fully saturated rings. The third-order valence-electron chi connectivity index (χ3n) is 3.90. The average molecular weight is 296 g/mol. The van der Waals surface area contributed by atoms with Crippen molar-refractivity contribution in [2.75, 3.05) is 11.9 Å². The first-order chi connectivity index (χ1) is 8.22. The van der Waals surface area contributed by atoms with Crippen molar-refractivity contribution in [1.82, 2.24) is 0 Å². The highest BCUT2D eigenvalue weighted by Gasteiger charge is 2.35. The van der Waals surface area contributed by atoms with E-state index in [0.29, 0.717) is 17.5 Å². The van der Waals surface area contributed by atoms with Gasteiger partial charge in [-0.1, -0.05) is 28.1 Å². The third-order valence-corrected chi connectivity index (χ3v) is 4.39. The number of fused-ring (bicyclic) bond motifs is 2. The maximum atomic E-state index is 13.5. The summed E-state index contributed by atoms with van der Waals surface area (Å²) in [5.41, 5.74) is 0.603. The van der Waals surface area contributed by atoms with E-state index in [1.807, 2.05) is 0 Å². The van der Waals surface area contributed by atoms with Crippen LogP contribution in [0.25, 0.3) is 0 Å². The van der Waals surface area contributed by atoms with Gasteiger partial charge in [-0.2, -0.15) is 0 Å². The lowest BCUT2D eigenvalue weighted by atomic mass is 9.93. The van der Waals surface area contributed by atoms with E-state index in [2.05, 4.69) is 33.4 Å². The third kappa shape index (κ3) is 2.25. The predicted molar refractivity (Wildman–Crippen MR) is 71.4 cm³/mol. The van der Waals surface area contributed by atoms with Gasteiger partial charge in [-0.3, -0.25) is 0 Å². The van der Waals surface area contributed by atoms with Crippen molar-refractivity contribution in [1.29, 1.82) is 0 Å². The molecule has 90 valence electrons. The lowest BCUT2D eigenvalue weighted by Gasteiger charge is -2.19. The molecule has 0 aromatic heterocycles. The monoisotopic (exact) mass is 295 g/mol. The van der Waals surface area contributed by atoms with Gasteiger partial charge < -0.3 is 5.32 Å².